The number of anilines is 1. The molecule has 0 radical (unpaired) electrons. The summed E-state index contributed by atoms with van der Waals surface area (Å²) in [6, 6.07) is 0. The molecule has 4 heteroatoms. The molecule has 0 bridgehead atoms. The van der Waals surface area contributed by atoms with Crippen molar-refractivity contribution < 1.29 is 0 Å². The second-order valence-corrected chi connectivity index (χ2v) is 6.61. The molecule has 0 atom stereocenters. The maximum Gasteiger partial charge on any atom is 0.137 e. The van der Waals surface area contributed by atoms with Gasteiger partial charge in [0, 0.05) is 17.0 Å². The van der Waals surface area contributed by atoms with Crippen molar-refractivity contribution in [2.75, 3.05) is 5.32 Å². The standard InChI is InChI=1S/C15H24ClN3/c1-10(2)13-17-12(16)11(3)14(18-13)19-15(4)8-6-5-7-9-15/h10H,5-9H2,1-4H3,(H,17,18,19). The summed E-state index contributed by atoms with van der Waals surface area (Å²) in [5.41, 5.74) is 1.10. The van der Waals surface area contributed by atoms with Gasteiger partial charge in [-0.05, 0) is 26.7 Å². The molecular weight excluding hydrogens is 258 g/mol. The second kappa shape index (κ2) is 5.66. The van der Waals surface area contributed by atoms with E-state index >= 15 is 0 Å². The van der Waals surface area contributed by atoms with Crippen molar-refractivity contribution in [2.45, 2.75) is 71.3 Å². The molecule has 1 aromatic rings. The summed E-state index contributed by atoms with van der Waals surface area (Å²) in [4.78, 5) is 9.03. The molecule has 0 amide bonds. The van der Waals surface area contributed by atoms with Crippen LogP contribution >= 0.6 is 11.6 Å². The van der Waals surface area contributed by atoms with E-state index in [1.165, 1.54) is 32.1 Å². The molecule has 1 heterocycles. The van der Waals surface area contributed by atoms with E-state index < -0.39 is 0 Å². The van der Waals surface area contributed by atoms with Crippen LogP contribution in [0.4, 0.5) is 5.82 Å². The SMILES string of the molecule is Cc1c(Cl)nc(C(C)C)nc1NC1(C)CCCCC1. The van der Waals surface area contributed by atoms with Crippen LogP contribution in [0.3, 0.4) is 0 Å². The number of nitrogens with one attached hydrogen (secondary N) is 1. The monoisotopic (exact) mass is 281 g/mol. The van der Waals surface area contributed by atoms with Gasteiger partial charge in [-0.15, -0.1) is 0 Å². The highest BCUT2D eigenvalue weighted by molar-refractivity contribution is 6.30. The number of nitrogens with zero attached hydrogens (tertiary/aromatic N) is 2. The van der Waals surface area contributed by atoms with Gasteiger partial charge in [0.05, 0.1) is 0 Å². The minimum absolute atomic E-state index is 0.148. The smallest absolute Gasteiger partial charge is 0.137 e. The first-order valence-electron chi connectivity index (χ1n) is 7.23. The lowest BCUT2D eigenvalue weighted by Gasteiger charge is -2.35. The quantitative estimate of drug-likeness (QED) is 0.816. The van der Waals surface area contributed by atoms with Crippen LogP contribution in [-0.2, 0) is 0 Å². The molecule has 0 aliphatic heterocycles. The minimum Gasteiger partial charge on any atom is -0.365 e. The number of halogens is 1. The van der Waals surface area contributed by atoms with Gasteiger partial charge in [-0.3, -0.25) is 0 Å². The van der Waals surface area contributed by atoms with E-state index in [9.17, 15) is 0 Å². The van der Waals surface area contributed by atoms with Crippen molar-refractivity contribution >= 4 is 17.4 Å². The van der Waals surface area contributed by atoms with Gasteiger partial charge in [0.25, 0.3) is 0 Å². The zero-order valence-corrected chi connectivity index (χ0v) is 13.1. The first-order valence-corrected chi connectivity index (χ1v) is 7.61. The average molecular weight is 282 g/mol. The summed E-state index contributed by atoms with van der Waals surface area (Å²) in [5, 5.41) is 4.20. The van der Waals surface area contributed by atoms with E-state index in [2.05, 4.69) is 36.1 Å². The maximum absolute atomic E-state index is 6.24. The van der Waals surface area contributed by atoms with Crippen molar-refractivity contribution in [3.63, 3.8) is 0 Å². The number of aromatic nitrogens is 2. The molecule has 0 saturated heterocycles. The largest absolute Gasteiger partial charge is 0.365 e. The van der Waals surface area contributed by atoms with Gasteiger partial charge in [0.2, 0.25) is 0 Å². The highest BCUT2D eigenvalue weighted by atomic mass is 35.5. The second-order valence-electron chi connectivity index (χ2n) is 6.25. The Hall–Kier alpha value is -0.830. The minimum atomic E-state index is 0.148. The van der Waals surface area contributed by atoms with E-state index in [1.54, 1.807) is 0 Å². The third kappa shape index (κ3) is 3.38. The summed E-state index contributed by atoms with van der Waals surface area (Å²) in [5.74, 6) is 2.02. The first-order chi connectivity index (χ1) is 8.91. The molecule has 0 spiro atoms. The average Bonchev–Trinajstić information content (AvgIpc) is 2.35. The molecule has 0 unspecified atom stereocenters. The molecule has 0 aromatic carbocycles. The van der Waals surface area contributed by atoms with Crippen LogP contribution in [0.1, 0.15) is 70.2 Å². The Morgan fingerprint density at radius 3 is 2.37 bits per heavy atom. The van der Waals surface area contributed by atoms with Crippen LogP contribution < -0.4 is 5.32 Å². The summed E-state index contributed by atoms with van der Waals surface area (Å²) in [6.45, 7) is 8.46. The molecule has 1 aromatic heterocycles. The van der Waals surface area contributed by atoms with Gasteiger partial charge < -0.3 is 5.32 Å². The van der Waals surface area contributed by atoms with Crippen LogP contribution in [0.25, 0.3) is 0 Å². The van der Waals surface area contributed by atoms with Crippen molar-refractivity contribution in [3.8, 4) is 0 Å². The molecule has 1 aliphatic rings. The molecule has 106 valence electrons. The van der Waals surface area contributed by atoms with Crippen LogP contribution in [0.5, 0.6) is 0 Å². The molecule has 19 heavy (non-hydrogen) atoms. The predicted molar refractivity (Wildman–Crippen MR) is 81.0 cm³/mol. The van der Waals surface area contributed by atoms with Gasteiger partial charge in [-0.1, -0.05) is 44.7 Å². The van der Waals surface area contributed by atoms with Crippen LogP contribution in [0, 0.1) is 6.92 Å². The molecular formula is C15H24ClN3. The summed E-state index contributed by atoms with van der Waals surface area (Å²) in [6.07, 6.45) is 6.32. The zero-order valence-electron chi connectivity index (χ0n) is 12.4. The van der Waals surface area contributed by atoms with Crippen molar-refractivity contribution in [1.82, 2.24) is 9.97 Å². The lowest BCUT2D eigenvalue weighted by molar-refractivity contribution is 0.348. The Labute approximate surface area is 121 Å². The Morgan fingerprint density at radius 1 is 1.16 bits per heavy atom. The Kier molecular flexibility index (Phi) is 4.34. The van der Waals surface area contributed by atoms with Gasteiger partial charge in [0.15, 0.2) is 0 Å². The van der Waals surface area contributed by atoms with Crippen LogP contribution in [0.2, 0.25) is 5.15 Å². The Bertz CT molecular complexity index is 451. The fourth-order valence-electron chi connectivity index (χ4n) is 2.63. The maximum atomic E-state index is 6.24. The highest BCUT2D eigenvalue weighted by Crippen LogP contribution is 2.33. The molecule has 1 aliphatic carbocycles. The summed E-state index contributed by atoms with van der Waals surface area (Å²) in [7, 11) is 0. The molecule has 1 fully saturated rings. The van der Waals surface area contributed by atoms with Gasteiger partial charge in [-0.2, -0.15) is 0 Å². The van der Waals surface area contributed by atoms with Crippen molar-refractivity contribution in [1.29, 1.82) is 0 Å². The van der Waals surface area contributed by atoms with Crippen molar-refractivity contribution in [2.24, 2.45) is 0 Å². The van der Waals surface area contributed by atoms with E-state index in [-0.39, 0.29) is 11.5 Å². The zero-order chi connectivity index (χ0) is 14.0. The van der Waals surface area contributed by atoms with Crippen molar-refractivity contribution in [3.05, 3.63) is 16.5 Å². The lowest BCUT2D eigenvalue weighted by Crippen LogP contribution is -2.37. The first kappa shape index (κ1) is 14.6. The van der Waals surface area contributed by atoms with Gasteiger partial charge in [-0.25, -0.2) is 9.97 Å². The van der Waals surface area contributed by atoms with Crippen LogP contribution in [0.15, 0.2) is 0 Å². The third-order valence-electron chi connectivity index (χ3n) is 4.00. The topological polar surface area (TPSA) is 37.8 Å². The molecule has 2 rings (SSSR count). The number of rotatable bonds is 3. The fourth-order valence-corrected chi connectivity index (χ4v) is 2.80. The van der Waals surface area contributed by atoms with E-state index in [0.29, 0.717) is 5.15 Å². The third-order valence-corrected chi connectivity index (χ3v) is 4.37. The molecule has 3 nitrogen and oxygen atoms in total. The Morgan fingerprint density at radius 2 is 1.79 bits per heavy atom. The van der Waals surface area contributed by atoms with Gasteiger partial charge >= 0.3 is 0 Å². The van der Waals surface area contributed by atoms with E-state index in [4.69, 9.17) is 11.6 Å². The summed E-state index contributed by atoms with van der Waals surface area (Å²) >= 11 is 6.24. The molecule has 1 saturated carbocycles. The Balaban J connectivity index is 2.28. The van der Waals surface area contributed by atoms with E-state index in [1.807, 2.05) is 6.92 Å². The summed E-state index contributed by atoms with van der Waals surface area (Å²) < 4.78 is 0. The van der Waals surface area contributed by atoms with E-state index in [0.717, 1.165) is 17.2 Å². The lowest BCUT2D eigenvalue weighted by atomic mass is 9.83. The van der Waals surface area contributed by atoms with Crippen LogP contribution in [-0.4, -0.2) is 15.5 Å². The normalized spacial score (nSPS) is 18.6. The molecule has 1 N–H and O–H groups in total. The number of hydrogen-bond acceptors (Lipinski definition) is 3. The predicted octanol–water partition coefficient (Wildman–Crippen LogP) is 4.70. The number of hydrogen-bond donors (Lipinski definition) is 1. The van der Waals surface area contributed by atoms with Gasteiger partial charge in [0.1, 0.15) is 16.8 Å². The highest BCUT2D eigenvalue weighted by Gasteiger charge is 2.28. The fraction of sp³-hybridized carbons (Fsp3) is 0.733.